The molecule has 160 valence electrons. The number of benzene rings is 2. The van der Waals surface area contributed by atoms with Crippen LogP contribution in [0.15, 0.2) is 48.5 Å². The van der Waals surface area contributed by atoms with Crippen LogP contribution < -0.4 is 10.2 Å². The first-order valence-electron chi connectivity index (χ1n) is 10.7. The van der Waals surface area contributed by atoms with Crippen LogP contribution in [0.1, 0.15) is 22.3 Å². The third-order valence-corrected chi connectivity index (χ3v) is 6.05. The third kappa shape index (κ3) is 4.53. The molecule has 31 heavy (non-hydrogen) atoms. The quantitative estimate of drug-likeness (QED) is 0.672. The first-order valence-corrected chi connectivity index (χ1v) is 10.7. The van der Waals surface area contributed by atoms with E-state index in [2.05, 4.69) is 65.5 Å². The summed E-state index contributed by atoms with van der Waals surface area (Å²) in [7, 11) is 0. The van der Waals surface area contributed by atoms with Gasteiger partial charge in [-0.15, -0.1) is 10.2 Å². The highest BCUT2D eigenvalue weighted by molar-refractivity contribution is 5.90. The zero-order valence-electron chi connectivity index (χ0n) is 18.6. The van der Waals surface area contributed by atoms with Crippen LogP contribution in [-0.4, -0.2) is 47.3 Å². The maximum atomic E-state index is 12.7. The van der Waals surface area contributed by atoms with Gasteiger partial charge in [0.05, 0.1) is 5.69 Å². The Morgan fingerprint density at radius 2 is 1.65 bits per heavy atom. The van der Waals surface area contributed by atoms with E-state index in [4.69, 9.17) is 0 Å². The Kier molecular flexibility index (Phi) is 5.89. The van der Waals surface area contributed by atoms with Gasteiger partial charge >= 0.3 is 6.03 Å². The van der Waals surface area contributed by atoms with Crippen molar-refractivity contribution in [3.63, 3.8) is 0 Å². The van der Waals surface area contributed by atoms with Gasteiger partial charge in [-0.2, -0.15) is 0 Å². The van der Waals surface area contributed by atoms with Crippen LogP contribution in [0.25, 0.3) is 11.3 Å². The SMILES string of the molecule is Cc1ccc(-c2ccc(N3CCN(C(=O)Nc4cccc(C)c4C)CC3)nn2)c(C)c1. The third-order valence-electron chi connectivity index (χ3n) is 6.05. The highest BCUT2D eigenvalue weighted by Crippen LogP contribution is 2.24. The highest BCUT2D eigenvalue weighted by Gasteiger charge is 2.22. The number of aryl methyl sites for hydroxylation is 3. The van der Waals surface area contributed by atoms with E-state index in [-0.39, 0.29) is 6.03 Å². The van der Waals surface area contributed by atoms with Gasteiger partial charge in [0.25, 0.3) is 0 Å². The number of amides is 2. The molecule has 0 unspecified atom stereocenters. The molecular weight excluding hydrogens is 386 g/mol. The summed E-state index contributed by atoms with van der Waals surface area (Å²) in [4.78, 5) is 16.7. The second kappa shape index (κ2) is 8.76. The second-order valence-electron chi connectivity index (χ2n) is 8.25. The lowest BCUT2D eigenvalue weighted by atomic mass is 10.0. The maximum absolute atomic E-state index is 12.7. The molecule has 0 saturated carbocycles. The lowest BCUT2D eigenvalue weighted by Gasteiger charge is -2.35. The van der Waals surface area contributed by atoms with Crippen molar-refractivity contribution in [1.82, 2.24) is 15.1 Å². The second-order valence-corrected chi connectivity index (χ2v) is 8.25. The van der Waals surface area contributed by atoms with Gasteiger partial charge in [-0.1, -0.05) is 35.9 Å². The number of carbonyl (C=O) groups excluding carboxylic acids is 1. The standard InChI is InChI=1S/C25H29N5O/c1-17-8-9-21(19(3)16-17)23-10-11-24(28-27-23)29-12-14-30(15-13-29)25(31)26-22-7-5-6-18(2)20(22)4/h5-11,16H,12-15H2,1-4H3,(H,26,31). The fraction of sp³-hybridized carbons (Fsp3) is 0.320. The van der Waals surface area contributed by atoms with Crippen LogP contribution in [0, 0.1) is 27.7 Å². The molecule has 0 radical (unpaired) electrons. The van der Waals surface area contributed by atoms with Crippen molar-refractivity contribution < 1.29 is 4.79 Å². The topological polar surface area (TPSA) is 61.4 Å². The molecule has 0 atom stereocenters. The normalized spacial score (nSPS) is 13.9. The Hall–Kier alpha value is -3.41. The molecular formula is C25H29N5O. The lowest BCUT2D eigenvalue weighted by Crippen LogP contribution is -2.50. The zero-order chi connectivity index (χ0) is 22.0. The molecule has 1 aliphatic heterocycles. The van der Waals surface area contributed by atoms with E-state index in [0.717, 1.165) is 41.4 Å². The zero-order valence-corrected chi connectivity index (χ0v) is 18.6. The largest absolute Gasteiger partial charge is 0.352 e. The fourth-order valence-corrected chi connectivity index (χ4v) is 3.96. The van der Waals surface area contributed by atoms with Crippen LogP contribution >= 0.6 is 0 Å². The van der Waals surface area contributed by atoms with E-state index in [9.17, 15) is 4.79 Å². The molecule has 1 aromatic heterocycles. The van der Waals surface area contributed by atoms with E-state index in [1.807, 2.05) is 36.1 Å². The summed E-state index contributed by atoms with van der Waals surface area (Å²) in [6.45, 7) is 11.0. The Balaban J connectivity index is 1.37. The van der Waals surface area contributed by atoms with Crippen molar-refractivity contribution in [2.75, 3.05) is 36.4 Å². The first kappa shape index (κ1) is 20.8. The van der Waals surface area contributed by atoms with Crippen molar-refractivity contribution in [3.8, 4) is 11.3 Å². The number of rotatable bonds is 3. The Bertz CT molecular complexity index is 1090. The van der Waals surface area contributed by atoms with Gasteiger partial charge in [0.2, 0.25) is 0 Å². The van der Waals surface area contributed by atoms with E-state index in [0.29, 0.717) is 13.1 Å². The monoisotopic (exact) mass is 415 g/mol. The predicted octanol–water partition coefficient (Wildman–Crippen LogP) is 4.73. The summed E-state index contributed by atoms with van der Waals surface area (Å²) in [6.07, 6.45) is 0. The molecule has 1 fully saturated rings. The van der Waals surface area contributed by atoms with Crippen LogP contribution in [-0.2, 0) is 0 Å². The van der Waals surface area contributed by atoms with Crippen molar-refractivity contribution >= 4 is 17.5 Å². The van der Waals surface area contributed by atoms with Gasteiger partial charge in [-0.05, 0) is 62.6 Å². The Morgan fingerprint density at radius 3 is 2.32 bits per heavy atom. The summed E-state index contributed by atoms with van der Waals surface area (Å²) in [5.74, 6) is 0.850. The minimum atomic E-state index is -0.0513. The number of carbonyl (C=O) groups is 1. The van der Waals surface area contributed by atoms with E-state index in [1.54, 1.807) is 0 Å². The molecule has 0 bridgehead atoms. The highest BCUT2D eigenvalue weighted by atomic mass is 16.2. The number of hydrogen-bond donors (Lipinski definition) is 1. The molecule has 2 heterocycles. The molecule has 0 aliphatic carbocycles. The van der Waals surface area contributed by atoms with Gasteiger partial charge in [0.1, 0.15) is 0 Å². The van der Waals surface area contributed by atoms with Gasteiger partial charge in [0.15, 0.2) is 5.82 Å². The summed E-state index contributed by atoms with van der Waals surface area (Å²) in [6, 6.07) is 16.3. The van der Waals surface area contributed by atoms with Crippen molar-refractivity contribution in [2.24, 2.45) is 0 Å². The summed E-state index contributed by atoms with van der Waals surface area (Å²) < 4.78 is 0. The molecule has 3 aromatic rings. The number of nitrogens with zero attached hydrogens (tertiary/aromatic N) is 4. The first-order chi connectivity index (χ1) is 14.9. The predicted molar refractivity (Wildman–Crippen MR) is 126 cm³/mol. The Labute approximate surface area is 183 Å². The molecule has 6 heteroatoms. The number of nitrogens with one attached hydrogen (secondary N) is 1. The molecule has 2 aromatic carbocycles. The van der Waals surface area contributed by atoms with E-state index in [1.165, 1.54) is 16.7 Å². The van der Waals surface area contributed by atoms with Crippen LogP contribution in [0.2, 0.25) is 0 Å². The number of urea groups is 1. The number of hydrogen-bond acceptors (Lipinski definition) is 4. The minimum Gasteiger partial charge on any atom is -0.352 e. The van der Waals surface area contributed by atoms with Crippen molar-refractivity contribution in [1.29, 1.82) is 0 Å². The smallest absolute Gasteiger partial charge is 0.321 e. The van der Waals surface area contributed by atoms with Crippen LogP contribution in [0.3, 0.4) is 0 Å². The average molecular weight is 416 g/mol. The maximum Gasteiger partial charge on any atom is 0.321 e. The van der Waals surface area contributed by atoms with Crippen molar-refractivity contribution in [2.45, 2.75) is 27.7 Å². The van der Waals surface area contributed by atoms with Crippen LogP contribution in [0.5, 0.6) is 0 Å². The van der Waals surface area contributed by atoms with Crippen LogP contribution in [0.4, 0.5) is 16.3 Å². The minimum absolute atomic E-state index is 0.0513. The van der Waals surface area contributed by atoms with Gasteiger partial charge in [-0.3, -0.25) is 0 Å². The molecule has 2 amide bonds. The number of piperazine rings is 1. The van der Waals surface area contributed by atoms with Gasteiger partial charge < -0.3 is 15.1 Å². The average Bonchev–Trinajstić information content (AvgIpc) is 2.77. The molecule has 0 spiro atoms. The summed E-state index contributed by atoms with van der Waals surface area (Å²) in [5, 5.41) is 12.0. The lowest BCUT2D eigenvalue weighted by molar-refractivity contribution is 0.208. The van der Waals surface area contributed by atoms with E-state index < -0.39 is 0 Å². The molecule has 1 aliphatic rings. The van der Waals surface area contributed by atoms with Crippen molar-refractivity contribution in [3.05, 3.63) is 70.8 Å². The molecule has 4 rings (SSSR count). The number of aromatic nitrogens is 2. The summed E-state index contributed by atoms with van der Waals surface area (Å²) in [5.41, 5.74) is 7.58. The fourth-order valence-electron chi connectivity index (χ4n) is 3.96. The molecule has 1 N–H and O–H groups in total. The molecule has 6 nitrogen and oxygen atoms in total. The van der Waals surface area contributed by atoms with Gasteiger partial charge in [0, 0.05) is 37.4 Å². The Morgan fingerprint density at radius 1 is 0.871 bits per heavy atom. The van der Waals surface area contributed by atoms with E-state index >= 15 is 0 Å². The number of anilines is 2. The summed E-state index contributed by atoms with van der Waals surface area (Å²) >= 11 is 0. The molecule has 1 saturated heterocycles. The van der Waals surface area contributed by atoms with Gasteiger partial charge in [-0.25, -0.2) is 4.79 Å².